The number of nitrogens with zero attached hydrogens (tertiary/aromatic N) is 2. The van der Waals surface area contributed by atoms with E-state index in [1.807, 2.05) is 16.9 Å². The molecular weight excluding hydrogens is 312 g/mol. The summed E-state index contributed by atoms with van der Waals surface area (Å²) in [7, 11) is 0. The number of rotatable bonds is 5. The maximum absolute atomic E-state index is 12.3. The average molecular weight is 343 g/mol. The SMILES string of the molecule is CC(CCC(C)(C)C)NC(=O)c1ccn(C2CCCNC2)n1.Cl. The Morgan fingerprint density at radius 1 is 1.52 bits per heavy atom. The van der Waals surface area contributed by atoms with E-state index in [9.17, 15) is 4.79 Å². The quantitative estimate of drug-likeness (QED) is 0.864. The molecule has 6 heteroatoms. The summed E-state index contributed by atoms with van der Waals surface area (Å²) in [5, 5.41) is 10.9. The van der Waals surface area contributed by atoms with Gasteiger partial charge in [0.05, 0.1) is 6.04 Å². The summed E-state index contributed by atoms with van der Waals surface area (Å²) in [6, 6.07) is 2.36. The normalized spacial score (nSPS) is 19.7. The molecule has 1 aromatic heterocycles. The van der Waals surface area contributed by atoms with Gasteiger partial charge in [-0.25, -0.2) is 0 Å². The van der Waals surface area contributed by atoms with Crippen molar-refractivity contribution in [3.63, 3.8) is 0 Å². The molecule has 5 nitrogen and oxygen atoms in total. The molecule has 0 saturated carbocycles. The molecule has 1 amide bonds. The molecule has 0 radical (unpaired) electrons. The number of hydrogen-bond acceptors (Lipinski definition) is 3. The van der Waals surface area contributed by atoms with Crippen molar-refractivity contribution >= 4 is 18.3 Å². The van der Waals surface area contributed by atoms with Gasteiger partial charge in [-0.05, 0) is 50.6 Å². The van der Waals surface area contributed by atoms with Gasteiger partial charge in [0.2, 0.25) is 0 Å². The molecule has 0 aliphatic carbocycles. The average Bonchev–Trinajstić information content (AvgIpc) is 2.95. The van der Waals surface area contributed by atoms with E-state index in [1.165, 1.54) is 0 Å². The summed E-state index contributed by atoms with van der Waals surface area (Å²) in [6.45, 7) is 10.7. The lowest BCUT2D eigenvalue weighted by Crippen LogP contribution is -2.34. The highest BCUT2D eigenvalue weighted by Gasteiger charge is 2.19. The summed E-state index contributed by atoms with van der Waals surface area (Å²) in [4.78, 5) is 12.3. The van der Waals surface area contributed by atoms with Crippen LogP contribution in [0.3, 0.4) is 0 Å². The summed E-state index contributed by atoms with van der Waals surface area (Å²) in [5.41, 5.74) is 0.822. The molecule has 2 rings (SSSR count). The Morgan fingerprint density at radius 2 is 2.26 bits per heavy atom. The molecule has 0 bridgehead atoms. The molecule has 0 aromatic carbocycles. The van der Waals surface area contributed by atoms with E-state index in [4.69, 9.17) is 0 Å². The van der Waals surface area contributed by atoms with Gasteiger partial charge in [0.1, 0.15) is 5.69 Å². The van der Waals surface area contributed by atoms with E-state index in [0.29, 0.717) is 17.2 Å². The zero-order valence-corrected chi connectivity index (χ0v) is 15.6. The molecule has 132 valence electrons. The predicted octanol–water partition coefficient (Wildman–Crippen LogP) is 3.17. The highest BCUT2D eigenvalue weighted by molar-refractivity contribution is 5.92. The maximum Gasteiger partial charge on any atom is 0.271 e. The van der Waals surface area contributed by atoms with Gasteiger partial charge < -0.3 is 10.6 Å². The van der Waals surface area contributed by atoms with Gasteiger partial charge in [-0.2, -0.15) is 5.10 Å². The topological polar surface area (TPSA) is 59.0 Å². The fourth-order valence-corrected chi connectivity index (χ4v) is 2.74. The van der Waals surface area contributed by atoms with Crippen molar-refractivity contribution in [3.05, 3.63) is 18.0 Å². The van der Waals surface area contributed by atoms with Crippen LogP contribution in [0.2, 0.25) is 0 Å². The predicted molar refractivity (Wildman–Crippen MR) is 96.2 cm³/mol. The number of hydrogen-bond donors (Lipinski definition) is 2. The van der Waals surface area contributed by atoms with Crippen molar-refractivity contribution in [1.29, 1.82) is 0 Å². The monoisotopic (exact) mass is 342 g/mol. The van der Waals surface area contributed by atoms with Crippen LogP contribution in [0.15, 0.2) is 12.3 Å². The minimum Gasteiger partial charge on any atom is -0.348 e. The van der Waals surface area contributed by atoms with Crippen LogP contribution in [0, 0.1) is 5.41 Å². The minimum absolute atomic E-state index is 0. The van der Waals surface area contributed by atoms with Crippen LogP contribution in [-0.2, 0) is 0 Å². The molecule has 1 aliphatic heterocycles. The third-order valence-corrected chi connectivity index (χ3v) is 4.19. The molecule has 1 aliphatic rings. The van der Waals surface area contributed by atoms with Gasteiger partial charge in [-0.1, -0.05) is 20.8 Å². The van der Waals surface area contributed by atoms with Crippen molar-refractivity contribution in [2.24, 2.45) is 5.41 Å². The van der Waals surface area contributed by atoms with Crippen molar-refractivity contribution < 1.29 is 4.79 Å². The smallest absolute Gasteiger partial charge is 0.271 e. The molecule has 1 fully saturated rings. The molecule has 1 aromatic rings. The van der Waals surface area contributed by atoms with Crippen LogP contribution in [0.4, 0.5) is 0 Å². The maximum atomic E-state index is 12.3. The zero-order chi connectivity index (χ0) is 16.2. The second kappa shape index (κ2) is 8.69. The van der Waals surface area contributed by atoms with Crippen LogP contribution in [0.25, 0.3) is 0 Å². The van der Waals surface area contributed by atoms with Crippen LogP contribution in [0.5, 0.6) is 0 Å². The van der Waals surface area contributed by atoms with E-state index in [0.717, 1.165) is 38.8 Å². The van der Waals surface area contributed by atoms with Crippen LogP contribution < -0.4 is 10.6 Å². The van der Waals surface area contributed by atoms with Crippen molar-refractivity contribution in [1.82, 2.24) is 20.4 Å². The Bertz CT molecular complexity index is 489. The Morgan fingerprint density at radius 3 is 2.87 bits per heavy atom. The number of piperidine rings is 1. The fraction of sp³-hybridized carbons (Fsp3) is 0.765. The van der Waals surface area contributed by atoms with E-state index in [2.05, 4.69) is 43.4 Å². The summed E-state index contributed by atoms with van der Waals surface area (Å²) in [6.07, 6.45) is 6.29. The lowest BCUT2D eigenvalue weighted by atomic mass is 9.89. The third-order valence-electron chi connectivity index (χ3n) is 4.19. The van der Waals surface area contributed by atoms with E-state index >= 15 is 0 Å². The number of carbonyl (C=O) groups is 1. The Balaban J connectivity index is 0.00000264. The third kappa shape index (κ3) is 6.51. The lowest BCUT2D eigenvalue weighted by molar-refractivity contribution is 0.0929. The van der Waals surface area contributed by atoms with Crippen LogP contribution in [-0.4, -0.2) is 34.8 Å². The largest absolute Gasteiger partial charge is 0.348 e. The fourth-order valence-electron chi connectivity index (χ4n) is 2.74. The Hall–Kier alpha value is -1.07. The highest BCUT2D eigenvalue weighted by atomic mass is 35.5. The second-order valence-electron chi connectivity index (χ2n) is 7.66. The van der Waals surface area contributed by atoms with E-state index in [-0.39, 0.29) is 24.4 Å². The van der Waals surface area contributed by atoms with Gasteiger partial charge in [-0.3, -0.25) is 9.48 Å². The van der Waals surface area contributed by atoms with E-state index < -0.39 is 0 Å². The molecule has 23 heavy (non-hydrogen) atoms. The summed E-state index contributed by atoms with van der Waals surface area (Å²) >= 11 is 0. The van der Waals surface area contributed by atoms with Gasteiger partial charge in [0.25, 0.3) is 5.91 Å². The number of halogens is 1. The lowest BCUT2D eigenvalue weighted by Gasteiger charge is -2.23. The van der Waals surface area contributed by atoms with Gasteiger partial charge >= 0.3 is 0 Å². The summed E-state index contributed by atoms with van der Waals surface area (Å²) in [5.74, 6) is -0.0658. The van der Waals surface area contributed by atoms with Crippen molar-refractivity contribution in [2.45, 2.75) is 65.5 Å². The molecular formula is C17H31ClN4O. The molecule has 2 N–H and O–H groups in total. The molecule has 1 saturated heterocycles. The summed E-state index contributed by atoms with van der Waals surface area (Å²) < 4.78 is 1.93. The van der Waals surface area contributed by atoms with Crippen LogP contribution >= 0.6 is 12.4 Å². The van der Waals surface area contributed by atoms with Gasteiger partial charge in [0, 0.05) is 18.8 Å². The number of carbonyl (C=O) groups excluding carboxylic acids is 1. The Kier molecular flexibility index (Phi) is 7.55. The Labute approximate surface area is 146 Å². The van der Waals surface area contributed by atoms with Crippen molar-refractivity contribution in [2.75, 3.05) is 13.1 Å². The molecule has 2 heterocycles. The number of nitrogens with one attached hydrogen (secondary N) is 2. The molecule has 2 unspecified atom stereocenters. The van der Waals surface area contributed by atoms with E-state index in [1.54, 1.807) is 0 Å². The first-order valence-electron chi connectivity index (χ1n) is 8.42. The second-order valence-corrected chi connectivity index (χ2v) is 7.66. The molecule has 2 atom stereocenters. The molecule has 0 spiro atoms. The van der Waals surface area contributed by atoms with Gasteiger partial charge in [-0.15, -0.1) is 12.4 Å². The standard InChI is InChI=1S/C17H30N4O.ClH/c1-13(7-9-17(2,3)4)19-16(22)15-8-11-21(20-15)14-6-5-10-18-12-14;/h8,11,13-14,18H,5-7,9-10,12H2,1-4H3,(H,19,22);1H. The van der Waals surface area contributed by atoms with Gasteiger partial charge in [0.15, 0.2) is 0 Å². The van der Waals surface area contributed by atoms with Crippen molar-refractivity contribution in [3.8, 4) is 0 Å². The minimum atomic E-state index is -0.0658. The first-order valence-corrected chi connectivity index (χ1v) is 8.42. The number of amides is 1. The highest BCUT2D eigenvalue weighted by Crippen LogP contribution is 2.21. The first-order chi connectivity index (χ1) is 10.3. The first kappa shape index (κ1) is 20.0. The van der Waals surface area contributed by atoms with Crippen LogP contribution in [0.1, 0.15) is 69.9 Å². The number of aromatic nitrogens is 2. The zero-order valence-electron chi connectivity index (χ0n) is 14.8.